The molecule has 0 atom stereocenters. The molecule has 0 aliphatic carbocycles. The first-order chi connectivity index (χ1) is 12.8. The average molecular weight is 337 g/mol. The van der Waals surface area contributed by atoms with Gasteiger partial charge < -0.3 is 4.90 Å². The number of para-hydroxylation sites is 1. The van der Waals surface area contributed by atoms with Gasteiger partial charge in [0.15, 0.2) is 0 Å². The fourth-order valence-corrected chi connectivity index (χ4v) is 2.91. The predicted molar refractivity (Wildman–Crippen MR) is 112 cm³/mol. The van der Waals surface area contributed by atoms with Crippen LogP contribution in [0.2, 0.25) is 0 Å². The number of allylic oxidation sites excluding steroid dienone is 1. The van der Waals surface area contributed by atoms with Crippen molar-refractivity contribution in [3.05, 3.63) is 108 Å². The molecule has 1 heteroatoms. The van der Waals surface area contributed by atoms with Gasteiger partial charge in [-0.15, -0.1) is 0 Å². The molecule has 0 saturated heterocycles. The second-order valence-corrected chi connectivity index (χ2v) is 6.33. The van der Waals surface area contributed by atoms with Crippen LogP contribution in [0.3, 0.4) is 0 Å². The Kier molecular flexibility index (Phi) is 5.91. The van der Waals surface area contributed by atoms with Crippen LogP contribution in [0.1, 0.15) is 25.0 Å². The van der Waals surface area contributed by atoms with Gasteiger partial charge in [-0.05, 0) is 43.7 Å². The van der Waals surface area contributed by atoms with Crippen LogP contribution in [-0.4, -0.2) is 6.04 Å². The molecular weight excluding hydrogens is 314 g/mol. The standard InChI is InChI=1S/C25H23N/c1-21(2)26(24-18-10-5-11-19-24)25(23-16-8-4-9-17-23)20-12-15-22-13-6-3-7-14-22/h3-11,13-14,16-21H,1-2H3/b25-20+. The Labute approximate surface area is 156 Å². The number of rotatable bonds is 4. The van der Waals surface area contributed by atoms with Crippen molar-refractivity contribution in [2.75, 3.05) is 4.90 Å². The van der Waals surface area contributed by atoms with Gasteiger partial charge in [-0.25, -0.2) is 0 Å². The number of benzene rings is 3. The van der Waals surface area contributed by atoms with Crippen LogP contribution in [0.4, 0.5) is 5.69 Å². The van der Waals surface area contributed by atoms with Crippen LogP contribution < -0.4 is 4.90 Å². The molecule has 3 aromatic rings. The number of anilines is 1. The molecule has 0 heterocycles. The van der Waals surface area contributed by atoms with Crippen molar-refractivity contribution in [3.63, 3.8) is 0 Å². The predicted octanol–water partition coefficient (Wildman–Crippen LogP) is 5.99. The van der Waals surface area contributed by atoms with Crippen LogP contribution in [-0.2, 0) is 0 Å². The summed E-state index contributed by atoms with van der Waals surface area (Å²) in [6.45, 7) is 4.41. The van der Waals surface area contributed by atoms with Crippen molar-refractivity contribution in [1.29, 1.82) is 0 Å². The van der Waals surface area contributed by atoms with Gasteiger partial charge in [0.05, 0.1) is 5.70 Å². The Morgan fingerprint density at radius 2 is 1.31 bits per heavy atom. The van der Waals surface area contributed by atoms with E-state index in [4.69, 9.17) is 0 Å². The molecule has 128 valence electrons. The molecule has 3 aromatic carbocycles. The van der Waals surface area contributed by atoms with Crippen LogP contribution in [0.5, 0.6) is 0 Å². The summed E-state index contributed by atoms with van der Waals surface area (Å²) in [6.07, 6.45) is 2.02. The van der Waals surface area contributed by atoms with Gasteiger partial charge in [0.1, 0.15) is 0 Å². The highest BCUT2D eigenvalue weighted by molar-refractivity contribution is 5.81. The van der Waals surface area contributed by atoms with E-state index in [1.54, 1.807) is 0 Å². The maximum atomic E-state index is 3.25. The molecule has 0 aliphatic rings. The van der Waals surface area contributed by atoms with E-state index in [0.717, 1.165) is 16.8 Å². The van der Waals surface area contributed by atoms with E-state index in [1.165, 1.54) is 5.69 Å². The van der Waals surface area contributed by atoms with Crippen LogP contribution in [0, 0.1) is 11.8 Å². The highest BCUT2D eigenvalue weighted by atomic mass is 15.2. The lowest BCUT2D eigenvalue weighted by molar-refractivity contribution is 0.794. The third-order valence-corrected chi connectivity index (χ3v) is 4.08. The van der Waals surface area contributed by atoms with Crippen molar-refractivity contribution >= 4 is 11.4 Å². The fourth-order valence-electron chi connectivity index (χ4n) is 2.91. The van der Waals surface area contributed by atoms with Gasteiger partial charge in [0.25, 0.3) is 0 Å². The molecule has 0 aromatic heterocycles. The summed E-state index contributed by atoms with van der Waals surface area (Å²) in [4.78, 5) is 2.33. The summed E-state index contributed by atoms with van der Waals surface area (Å²) >= 11 is 0. The van der Waals surface area contributed by atoms with E-state index in [-0.39, 0.29) is 0 Å². The SMILES string of the molecule is CC(C)N(/C(=C/C#Cc1ccccc1)c1ccccc1)c1ccccc1. The van der Waals surface area contributed by atoms with Gasteiger partial charge >= 0.3 is 0 Å². The summed E-state index contributed by atoms with van der Waals surface area (Å²) in [5.41, 5.74) is 4.45. The van der Waals surface area contributed by atoms with Crippen LogP contribution >= 0.6 is 0 Å². The van der Waals surface area contributed by atoms with Gasteiger partial charge in [-0.2, -0.15) is 0 Å². The quantitative estimate of drug-likeness (QED) is 0.528. The summed E-state index contributed by atoms with van der Waals surface area (Å²) in [6, 6.07) is 31.3. The molecular formula is C25H23N. The average Bonchev–Trinajstić information content (AvgIpc) is 2.69. The van der Waals surface area contributed by atoms with Gasteiger partial charge in [0, 0.05) is 23.4 Å². The van der Waals surface area contributed by atoms with E-state index in [2.05, 4.69) is 79.1 Å². The molecule has 0 amide bonds. The summed E-state index contributed by atoms with van der Waals surface area (Å²) in [5, 5.41) is 0. The lowest BCUT2D eigenvalue weighted by atomic mass is 10.1. The minimum Gasteiger partial charge on any atom is -0.338 e. The lowest BCUT2D eigenvalue weighted by Gasteiger charge is -2.31. The minimum atomic E-state index is 0.308. The van der Waals surface area contributed by atoms with E-state index >= 15 is 0 Å². The maximum absolute atomic E-state index is 3.25. The molecule has 0 unspecified atom stereocenters. The van der Waals surface area contributed by atoms with Crippen molar-refractivity contribution < 1.29 is 0 Å². The zero-order valence-electron chi connectivity index (χ0n) is 15.3. The molecule has 0 saturated carbocycles. The molecule has 0 radical (unpaired) electrons. The molecule has 0 aliphatic heterocycles. The molecule has 0 bridgehead atoms. The van der Waals surface area contributed by atoms with Gasteiger partial charge in [-0.3, -0.25) is 0 Å². The van der Waals surface area contributed by atoms with Crippen molar-refractivity contribution in [3.8, 4) is 11.8 Å². The van der Waals surface area contributed by atoms with E-state index < -0.39 is 0 Å². The minimum absolute atomic E-state index is 0.308. The second kappa shape index (κ2) is 8.74. The number of hydrogen-bond acceptors (Lipinski definition) is 1. The van der Waals surface area contributed by atoms with Crippen molar-refractivity contribution in [2.45, 2.75) is 19.9 Å². The monoisotopic (exact) mass is 337 g/mol. The first-order valence-electron chi connectivity index (χ1n) is 8.92. The third-order valence-electron chi connectivity index (χ3n) is 4.08. The molecule has 1 nitrogen and oxygen atoms in total. The zero-order chi connectivity index (χ0) is 18.2. The van der Waals surface area contributed by atoms with E-state index in [1.807, 2.05) is 48.5 Å². The Bertz CT molecular complexity index is 898. The second-order valence-electron chi connectivity index (χ2n) is 6.33. The smallest absolute Gasteiger partial charge is 0.0571 e. The molecule has 0 fully saturated rings. The number of hydrogen-bond donors (Lipinski definition) is 0. The largest absolute Gasteiger partial charge is 0.338 e. The first kappa shape index (κ1) is 17.6. The zero-order valence-corrected chi connectivity index (χ0v) is 15.3. The normalized spacial score (nSPS) is 11.0. The third kappa shape index (κ3) is 4.43. The van der Waals surface area contributed by atoms with E-state index in [0.29, 0.717) is 6.04 Å². The van der Waals surface area contributed by atoms with Crippen molar-refractivity contribution in [1.82, 2.24) is 0 Å². The topological polar surface area (TPSA) is 3.24 Å². The van der Waals surface area contributed by atoms with Crippen LogP contribution in [0.15, 0.2) is 97.1 Å². The Hall–Kier alpha value is -3.24. The van der Waals surface area contributed by atoms with Crippen molar-refractivity contribution in [2.24, 2.45) is 0 Å². The van der Waals surface area contributed by atoms with Gasteiger partial charge in [0.2, 0.25) is 0 Å². The molecule has 0 spiro atoms. The summed E-state index contributed by atoms with van der Waals surface area (Å²) in [5.74, 6) is 6.49. The highest BCUT2D eigenvalue weighted by Crippen LogP contribution is 2.28. The fraction of sp³-hybridized carbons (Fsp3) is 0.120. The first-order valence-corrected chi connectivity index (χ1v) is 8.92. The molecule has 0 N–H and O–H groups in total. The highest BCUT2D eigenvalue weighted by Gasteiger charge is 2.16. The number of nitrogens with zero attached hydrogens (tertiary/aromatic N) is 1. The van der Waals surface area contributed by atoms with Crippen LogP contribution in [0.25, 0.3) is 5.70 Å². The molecule has 3 rings (SSSR count). The van der Waals surface area contributed by atoms with Gasteiger partial charge in [-0.1, -0.05) is 78.6 Å². The summed E-state index contributed by atoms with van der Waals surface area (Å²) in [7, 11) is 0. The Morgan fingerprint density at radius 3 is 1.88 bits per heavy atom. The summed E-state index contributed by atoms with van der Waals surface area (Å²) < 4.78 is 0. The Morgan fingerprint density at radius 1 is 0.769 bits per heavy atom. The Balaban J connectivity index is 2.06. The lowest BCUT2D eigenvalue weighted by Crippen LogP contribution is -2.29. The molecule has 26 heavy (non-hydrogen) atoms. The van der Waals surface area contributed by atoms with E-state index in [9.17, 15) is 0 Å². The maximum Gasteiger partial charge on any atom is 0.0571 e.